The van der Waals surface area contributed by atoms with Gasteiger partial charge < -0.3 is 10.1 Å². The quantitative estimate of drug-likeness (QED) is 0.467. The average molecular weight is 264 g/mol. The van der Waals surface area contributed by atoms with Crippen LogP contribution in [0.15, 0.2) is 24.3 Å². The molecule has 1 N–H and O–H groups in total. The lowest BCUT2D eigenvalue weighted by molar-refractivity contribution is -0.384. The Labute approximate surface area is 113 Å². The number of nitrogens with zero attached hydrogens (tertiary/aromatic N) is 1. The summed E-state index contributed by atoms with van der Waals surface area (Å²) in [7, 11) is 0. The highest BCUT2D eigenvalue weighted by Gasteiger charge is 2.33. The van der Waals surface area contributed by atoms with Gasteiger partial charge in [0.05, 0.1) is 4.92 Å². The van der Waals surface area contributed by atoms with E-state index in [2.05, 4.69) is 12.2 Å². The SMILES string of the molecule is CCC1(NCCOc2ccc([N+](=O)[O-])cc2)CCC1. The van der Waals surface area contributed by atoms with Gasteiger partial charge >= 0.3 is 0 Å². The second-order valence-electron chi connectivity index (χ2n) is 5.01. The number of benzene rings is 1. The monoisotopic (exact) mass is 264 g/mol. The maximum atomic E-state index is 10.5. The maximum absolute atomic E-state index is 10.5. The number of ether oxygens (including phenoxy) is 1. The Balaban J connectivity index is 1.72. The van der Waals surface area contributed by atoms with Crippen LogP contribution < -0.4 is 10.1 Å². The molecule has 1 aromatic rings. The Morgan fingerprint density at radius 2 is 2.05 bits per heavy atom. The van der Waals surface area contributed by atoms with Crippen LogP contribution in [-0.2, 0) is 0 Å². The van der Waals surface area contributed by atoms with E-state index < -0.39 is 4.92 Å². The molecule has 0 atom stereocenters. The molecule has 0 bridgehead atoms. The van der Waals surface area contributed by atoms with E-state index in [0.717, 1.165) is 13.0 Å². The number of nitro groups is 1. The molecule has 1 aromatic carbocycles. The Bertz CT molecular complexity index is 421. The van der Waals surface area contributed by atoms with E-state index in [1.807, 2.05) is 0 Å². The van der Waals surface area contributed by atoms with Crippen LogP contribution >= 0.6 is 0 Å². The lowest BCUT2D eigenvalue weighted by atomic mass is 9.75. The lowest BCUT2D eigenvalue weighted by Crippen LogP contribution is -2.51. The van der Waals surface area contributed by atoms with Crippen LogP contribution in [0.2, 0.25) is 0 Å². The minimum absolute atomic E-state index is 0.0879. The van der Waals surface area contributed by atoms with Crippen molar-refractivity contribution in [3.05, 3.63) is 34.4 Å². The third kappa shape index (κ3) is 3.44. The summed E-state index contributed by atoms with van der Waals surface area (Å²) in [6, 6.07) is 6.19. The van der Waals surface area contributed by atoms with Gasteiger partial charge in [-0.15, -0.1) is 0 Å². The van der Waals surface area contributed by atoms with Gasteiger partial charge in [0.1, 0.15) is 12.4 Å². The number of rotatable bonds is 7. The average Bonchev–Trinajstić information content (AvgIpc) is 2.37. The molecule has 5 heteroatoms. The summed E-state index contributed by atoms with van der Waals surface area (Å²) in [5.74, 6) is 0.673. The van der Waals surface area contributed by atoms with E-state index in [9.17, 15) is 10.1 Å². The molecule has 0 unspecified atom stereocenters. The highest BCUT2D eigenvalue weighted by Crippen LogP contribution is 2.34. The van der Waals surface area contributed by atoms with E-state index >= 15 is 0 Å². The minimum atomic E-state index is -0.410. The molecule has 0 spiro atoms. The van der Waals surface area contributed by atoms with Crippen molar-refractivity contribution in [1.82, 2.24) is 5.32 Å². The molecule has 0 aromatic heterocycles. The molecule has 1 saturated carbocycles. The fraction of sp³-hybridized carbons (Fsp3) is 0.571. The Morgan fingerprint density at radius 1 is 1.37 bits per heavy atom. The van der Waals surface area contributed by atoms with Crippen LogP contribution in [0.3, 0.4) is 0 Å². The van der Waals surface area contributed by atoms with E-state index in [-0.39, 0.29) is 5.69 Å². The van der Waals surface area contributed by atoms with Crippen molar-refractivity contribution < 1.29 is 9.66 Å². The molecule has 104 valence electrons. The molecule has 1 aliphatic carbocycles. The summed E-state index contributed by atoms with van der Waals surface area (Å²) in [5.41, 5.74) is 0.420. The van der Waals surface area contributed by atoms with Crippen molar-refractivity contribution in [1.29, 1.82) is 0 Å². The van der Waals surface area contributed by atoms with E-state index in [0.29, 0.717) is 17.9 Å². The molecular formula is C14H20N2O3. The molecule has 0 aliphatic heterocycles. The number of nitro benzene ring substituents is 1. The summed E-state index contributed by atoms with van der Waals surface area (Å²) in [4.78, 5) is 10.1. The van der Waals surface area contributed by atoms with Gasteiger partial charge in [-0.2, -0.15) is 0 Å². The maximum Gasteiger partial charge on any atom is 0.269 e. The largest absolute Gasteiger partial charge is 0.492 e. The molecule has 0 heterocycles. The van der Waals surface area contributed by atoms with E-state index in [1.165, 1.54) is 31.4 Å². The molecule has 1 aliphatic rings. The van der Waals surface area contributed by atoms with Crippen LogP contribution in [0.4, 0.5) is 5.69 Å². The Hall–Kier alpha value is -1.62. The predicted octanol–water partition coefficient (Wildman–Crippen LogP) is 2.90. The van der Waals surface area contributed by atoms with E-state index in [4.69, 9.17) is 4.74 Å². The molecule has 5 nitrogen and oxygen atoms in total. The second-order valence-corrected chi connectivity index (χ2v) is 5.01. The topological polar surface area (TPSA) is 64.4 Å². The van der Waals surface area contributed by atoms with Crippen LogP contribution in [0.25, 0.3) is 0 Å². The van der Waals surface area contributed by atoms with Crippen molar-refractivity contribution in [3.63, 3.8) is 0 Å². The van der Waals surface area contributed by atoms with Crippen molar-refractivity contribution in [2.75, 3.05) is 13.2 Å². The number of hydrogen-bond donors (Lipinski definition) is 1. The first kappa shape index (κ1) is 13.8. The summed E-state index contributed by atoms with van der Waals surface area (Å²) in [6.07, 6.45) is 4.97. The Morgan fingerprint density at radius 3 is 2.53 bits per heavy atom. The first-order chi connectivity index (χ1) is 9.15. The highest BCUT2D eigenvalue weighted by atomic mass is 16.6. The number of hydrogen-bond acceptors (Lipinski definition) is 4. The normalized spacial score (nSPS) is 16.7. The summed E-state index contributed by atoms with van der Waals surface area (Å²) in [5, 5.41) is 14.1. The minimum Gasteiger partial charge on any atom is -0.492 e. The van der Waals surface area contributed by atoms with Crippen molar-refractivity contribution in [2.24, 2.45) is 0 Å². The van der Waals surface area contributed by atoms with Gasteiger partial charge in [0.15, 0.2) is 0 Å². The predicted molar refractivity (Wildman–Crippen MR) is 73.5 cm³/mol. The smallest absolute Gasteiger partial charge is 0.269 e. The molecule has 19 heavy (non-hydrogen) atoms. The lowest BCUT2D eigenvalue weighted by Gasteiger charge is -2.42. The van der Waals surface area contributed by atoms with Gasteiger partial charge in [0, 0.05) is 24.2 Å². The number of nitrogens with one attached hydrogen (secondary N) is 1. The highest BCUT2D eigenvalue weighted by molar-refractivity contribution is 5.35. The van der Waals surface area contributed by atoms with Gasteiger partial charge in [0.25, 0.3) is 5.69 Å². The fourth-order valence-corrected chi connectivity index (χ4v) is 2.41. The van der Waals surface area contributed by atoms with Gasteiger partial charge in [-0.3, -0.25) is 10.1 Å². The third-order valence-electron chi connectivity index (χ3n) is 3.91. The van der Waals surface area contributed by atoms with Crippen LogP contribution in [0, 0.1) is 10.1 Å². The number of non-ortho nitro benzene ring substituents is 1. The molecular weight excluding hydrogens is 244 g/mol. The summed E-state index contributed by atoms with van der Waals surface area (Å²) >= 11 is 0. The zero-order valence-corrected chi connectivity index (χ0v) is 11.2. The van der Waals surface area contributed by atoms with Crippen molar-refractivity contribution >= 4 is 5.69 Å². The van der Waals surface area contributed by atoms with Crippen molar-refractivity contribution in [3.8, 4) is 5.75 Å². The summed E-state index contributed by atoms with van der Waals surface area (Å²) in [6.45, 7) is 3.60. The van der Waals surface area contributed by atoms with Crippen LogP contribution in [0.1, 0.15) is 32.6 Å². The van der Waals surface area contributed by atoms with Gasteiger partial charge in [-0.25, -0.2) is 0 Å². The van der Waals surface area contributed by atoms with Crippen LogP contribution in [-0.4, -0.2) is 23.6 Å². The second kappa shape index (κ2) is 6.02. The van der Waals surface area contributed by atoms with Crippen molar-refractivity contribution in [2.45, 2.75) is 38.1 Å². The Kier molecular flexibility index (Phi) is 4.37. The van der Waals surface area contributed by atoms with Gasteiger partial charge in [-0.05, 0) is 37.8 Å². The standard InChI is InChI=1S/C14H20N2O3/c1-2-14(8-3-9-14)15-10-11-19-13-6-4-12(5-7-13)16(17)18/h4-7,15H,2-3,8-11H2,1H3. The zero-order chi connectivity index (χ0) is 13.7. The molecule has 1 fully saturated rings. The van der Waals surface area contributed by atoms with Gasteiger partial charge in [0.2, 0.25) is 0 Å². The first-order valence-electron chi connectivity index (χ1n) is 6.77. The third-order valence-corrected chi connectivity index (χ3v) is 3.91. The van der Waals surface area contributed by atoms with Crippen LogP contribution in [0.5, 0.6) is 5.75 Å². The summed E-state index contributed by atoms with van der Waals surface area (Å²) < 4.78 is 5.56. The molecule has 0 amide bonds. The first-order valence-corrected chi connectivity index (χ1v) is 6.77. The van der Waals surface area contributed by atoms with E-state index in [1.54, 1.807) is 12.1 Å². The van der Waals surface area contributed by atoms with Gasteiger partial charge in [-0.1, -0.05) is 6.92 Å². The molecule has 2 rings (SSSR count). The molecule has 0 saturated heterocycles. The zero-order valence-electron chi connectivity index (χ0n) is 11.2. The molecule has 0 radical (unpaired) electrons. The fourth-order valence-electron chi connectivity index (χ4n) is 2.41.